The van der Waals surface area contributed by atoms with E-state index in [1.807, 2.05) is 12.1 Å². The second kappa shape index (κ2) is 9.29. The summed E-state index contributed by atoms with van der Waals surface area (Å²) in [4.78, 5) is 12.4. The van der Waals surface area contributed by atoms with Crippen LogP contribution in [0, 0.1) is 21.4 Å². The molecule has 0 aliphatic carbocycles. The Hall–Kier alpha value is 2.29. The Morgan fingerprint density at radius 1 is 0.818 bits per heavy atom. The van der Waals surface area contributed by atoms with Crippen molar-refractivity contribution in [1.82, 2.24) is 0 Å². The van der Waals surface area contributed by atoms with E-state index >= 15 is 0 Å². The topological polar surface area (TPSA) is 26.3 Å². The molecule has 0 unspecified atom stereocenters. The molecule has 2 aromatic carbocycles. The van der Waals surface area contributed by atoms with E-state index in [2.05, 4.69) is 148 Å². The average Bonchev–Trinajstić information content (AvgIpc) is 2.44. The van der Waals surface area contributed by atoms with Crippen LogP contribution in [0.25, 0.3) is 0 Å². The molecule has 0 aliphatic heterocycles. The molecule has 0 saturated heterocycles. The molecule has 0 heterocycles. The van der Waals surface area contributed by atoms with Crippen LogP contribution >= 0.6 is 136 Å². The lowest BCUT2D eigenvalue weighted by Crippen LogP contribution is -2.09. The van der Waals surface area contributed by atoms with Gasteiger partial charge in [-0.1, -0.05) is 0 Å². The molecule has 0 fully saturated rings. The Balaban J connectivity index is 2.21. The van der Waals surface area contributed by atoms with Gasteiger partial charge in [-0.05, 0) is 160 Å². The Labute approximate surface area is 210 Å². The Bertz CT molecular complexity index is 745. The number of benzene rings is 2. The van der Waals surface area contributed by atoms with E-state index < -0.39 is 0 Å². The van der Waals surface area contributed by atoms with E-state index in [1.54, 1.807) is 0 Å². The highest BCUT2D eigenvalue weighted by molar-refractivity contribution is 14.1. The normalized spacial score (nSPS) is 10.6. The van der Waals surface area contributed by atoms with Gasteiger partial charge in [0.1, 0.15) is 6.61 Å². The highest BCUT2D eigenvalue weighted by Gasteiger charge is 2.16. The van der Waals surface area contributed by atoms with Crippen molar-refractivity contribution in [3.8, 4) is 0 Å². The van der Waals surface area contributed by atoms with Crippen LogP contribution < -0.4 is 0 Å². The monoisotopic (exact) mass is 967 g/mol. The molecular weight excluding hydrogens is 962 g/mol. The van der Waals surface area contributed by atoms with Crippen LogP contribution in [0.5, 0.6) is 0 Å². The van der Waals surface area contributed by atoms with Gasteiger partial charge in [0.25, 0.3) is 0 Å². The fourth-order valence-corrected chi connectivity index (χ4v) is 6.45. The van der Waals surface area contributed by atoms with Crippen LogP contribution in [0.15, 0.2) is 24.3 Å². The highest BCUT2D eigenvalue weighted by Crippen LogP contribution is 2.26. The van der Waals surface area contributed by atoms with Gasteiger partial charge in [-0.25, -0.2) is 4.79 Å². The van der Waals surface area contributed by atoms with Crippen LogP contribution in [0.4, 0.5) is 0 Å². The third-order valence-electron chi connectivity index (χ3n) is 2.64. The van der Waals surface area contributed by atoms with Crippen molar-refractivity contribution in [2.75, 3.05) is 0 Å². The lowest BCUT2D eigenvalue weighted by Gasteiger charge is -2.11. The van der Waals surface area contributed by atoms with E-state index in [4.69, 9.17) is 4.74 Å². The molecule has 8 heteroatoms. The van der Waals surface area contributed by atoms with Crippen molar-refractivity contribution < 1.29 is 9.53 Å². The summed E-state index contributed by atoms with van der Waals surface area (Å²) in [6.07, 6.45) is 0. The fraction of sp³-hybridized carbons (Fsp3) is 0.0714. The lowest BCUT2D eigenvalue weighted by molar-refractivity contribution is 0.0470. The van der Waals surface area contributed by atoms with Crippen molar-refractivity contribution in [3.63, 3.8) is 0 Å². The van der Waals surface area contributed by atoms with Crippen molar-refractivity contribution in [3.05, 3.63) is 56.8 Å². The van der Waals surface area contributed by atoms with E-state index in [0.717, 1.165) is 23.4 Å². The number of ether oxygens (including phenoxy) is 1. The average molecular weight is 968 g/mol. The van der Waals surface area contributed by atoms with Crippen molar-refractivity contribution in [1.29, 1.82) is 0 Å². The number of hydrogen-bond acceptors (Lipinski definition) is 2. The van der Waals surface area contributed by atoms with Gasteiger partial charge in [0.05, 0.1) is 5.56 Å². The minimum Gasteiger partial charge on any atom is -0.457 e. The molecule has 0 aliphatic rings. The van der Waals surface area contributed by atoms with Gasteiger partial charge in [0, 0.05) is 27.0 Å². The fourth-order valence-electron chi connectivity index (χ4n) is 1.64. The number of carbonyl (C=O) groups excluding carboxylic acids is 1. The summed E-state index contributed by atoms with van der Waals surface area (Å²) in [5.74, 6) is -0.273. The quantitative estimate of drug-likeness (QED) is 0.196. The van der Waals surface area contributed by atoms with E-state index in [9.17, 15) is 4.79 Å². The number of rotatable bonds is 3. The first-order valence-electron chi connectivity index (χ1n) is 5.74. The van der Waals surface area contributed by atoms with Crippen LogP contribution in [0.2, 0.25) is 0 Å². The predicted octanol–water partition coefficient (Wildman–Crippen LogP) is 6.67. The second-order valence-corrected chi connectivity index (χ2v) is 11.2. The maximum absolute atomic E-state index is 12.4. The highest BCUT2D eigenvalue weighted by atomic mass is 127. The summed E-state index contributed by atoms with van der Waals surface area (Å²) >= 11 is 13.5. The lowest BCUT2D eigenvalue weighted by atomic mass is 10.2. The molecule has 0 saturated carbocycles. The molecule has 0 radical (unpaired) electrons. The number of carbonyl (C=O) groups is 1. The summed E-state index contributed by atoms with van der Waals surface area (Å²) in [6.45, 7) is 0.294. The van der Waals surface area contributed by atoms with Gasteiger partial charge in [-0.3, -0.25) is 0 Å². The van der Waals surface area contributed by atoms with E-state index in [0.29, 0.717) is 12.2 Å². The molecule has 2 aromatic rings. The zero-order chi connectivity index (χ0) is 16.4. The maximum atomic E-state index is 12.4. The third-order valence-corrected chi connectivity index (χ3v) is 10.1. The smallest absolute Gasteiger partial charge is 0.339 e. The first-order valence-corrected chi connectivity index (χ1v) is 12.2. The van der Waals surface area contributed by atoms with Crippen LogP contribution in [-0.4, -0.2) is 5.97 Å². The van der Waals surface area contributed by atoms with Crippen LogP contribution in [0.1, 0.15) is 15.9 Å². The van der Waals surface area contributed by atoms with Gasteiger partial charge in [-0.2, -0.15) is 0 Å². The summed E-state index contributed by atoms with van der Waals surface area (Å²) in [6, 6.07) is 8.08. The zero-order valence-electron chi connectivity index (χ0n) is 10.6. The summed E-state index contributed by atoms with van der Waals surface area (Å²) < 4.78 is 12.0. The molecule has 0 atom stereocenters. The van der Waals surface area contributed by atoms with Gasteiger partial charge in [-0.15, -0.1) is 0 Å². The summed E-state index contributed by atoms with van der Waals surface area (Å²) in [5, 5.41) is 0. The zero-order valence-corrected chi connectivity index (χ0v) is 23.5. The van der Waals surface area contributed by atoms with Gasteiger partial charge in [0.15, 0.2) is 0 Å². The minimum atomic E-state index is -0.273. The van der Waals surface area contributed by atoms with Crippen LogP contribution in [0.3, 0.4) is 0 Å². The van der Waals surface area contributed by atoms with Crippen molar-refractivity contribution in [2.24, 2.45) is 0 Å². The maximum Gasteiger partial charge on any atom is 0.339 e. The van der Waals surface area contributed by atoms with Crippen LogP contribution in [-0.2, 0) is 11.3 Å². The largest absolute Gasteiger partial charge is 0.457 e. The Kier molecular flexibility index (Phi) is 8.70. The first-order chi connectivity index (χ1) is 10.3. The van der Waals surface area contributed by atoms with Gasteiger partial charge >= 0.3 is 5.97 Å². The molecule has 116 valence electrons. The second-order valence-electron chi connectivity index (χ2n) is 4.19. The molecule has 22 heavy (non-hydrogen) atoms. The van der Waals surface area contributed by atoms with Crippen molar-refractivity contribution >= 4 is 142 Å². The SMILES string of the molecule is O=C(OCc1cc(I)cc(I)c1I)c1cc(I)cc(I)c1I. The first kappa shape index (κ1) is 20.6. The van der Waals surface area contributed by atoms with Crippen molar-refractivity contribution in [2.45, 2.75) is 6.61 Å². The number of halogens is 6. The molecule has 0 spiro atoms. The molecule has 2 rings (SSSR count). The Morgan fingerprint density at radius 2 is 1.36 bits per heavy atom. The minimum absolute atomic E-state index is 0.273. The third kappa shape index (κ3) is 5.39. The number of hydrogen-bond donors (Lipinski definition) is 0. The Morgan fingerprint density at radius 3 is 2.00 bits per heavy atom. The van der Waals surface area contributed by atoms with E-state index in [-0.39, 0.29) is 5.97 Å². The number of esters is 1. The van der Waals surface area contributed by atoms with Gasteiger partial charge in [0.2, 0.25) is 0 Å². The molecule has 2 nitrogen and oxygen atoms in total. The summed E-state index contributed by atoms with van der Waals surface area (Å²) in [5.41, 5.74) is 1.67. The summed E-state index contributed by atoms with van der Waals surface area (Å²) in [7, 11) is 0. The standard InChI is InChI=1S/C14H6I6O2/c15-7-1-6(12(19)10(17)3-7)5-22-14(21)9-2-8(16)4-11(18)13(9)20/h1-4H,5H2. The molecular formula is C14H6I6O2. The predicted molar refractivity (Wildman–Crippen MR) is 138 cm³/mol. The molecule has 0 aromatic heterocycles. The molecule has 0 bridgehead atoms. The van der Waals surface area contributed by atoms with Gasteiger partial charge < -0.3 is 4.74 Å². The van der Waals surface area contributed by atoms with E-state index in [1.165, 1.54) is 3.57 Å². The molecule has 0 amide bonds. The molecule has 0 N–H and O–H groups in total.